The van der Waals surface area contributed by atoms with Gasteiger partial charge in [-0.05, 0) is 25.7 Å². The third-order valence-corrected chi connectivity index (χ3v) is 2.95. The Hall–Kier alpha value is -0.680. The lowest BCUT2D eigenvalue weighted by molar-refractivity contribution is 0.207. The first kappa shape index (κ1) is 8.90. The van der Waals surface area contributed by atoms with Crippen LogP contribution in [0.2, 0.25) is 0 Å². The predicted molar refractivity (Wildman–Crippen MR) is 48.7 cm³/mol. The van der Waals surface area contributed by atoms with Gasteiger partial charge < -0.3 is 9.84 Å². The van der Waals surface area contributed by atoms with Crippen molar-refractivity contribution in [3.8, 4) is 5.19 Å². The highest BCUT2D eigenvalue weighted by atomic mass is 32.1. The molecule has 0 amide bonds. The van der Waals surface area contributed by atoms with Crippen molar-refractivity contribution >= 4 is 11.3 Å². The molecule has 1 aliphatic carbocycles. The van der Waals surface area contributed by atoms with Crippen LogP contribution in [0.4, 0.5) is 0 Å². The topological polar surface area (TPSA) is 55.2 Å². The highest BCUT2D eigenvalue weighted by Gasteiger charge is 2.18. The molecule has 0 bridgehead atoms. The highest BCUT2D eigenvalue weighted by molar-refractivity contribution is 7.13. The first-order valence-electron chi connectivity index (χ1n) is 4.48. The first-order valence-corrected chi connectivity index (χ1v) is 5.30. The number of aliphatic hydroxyl groups is 1. The normalized spacial score (nSPS) is 17.9. The van der Waals surface area contributed by atoms with E-state index in [9.17, 15) is 0 Å². The van der Waals surface area contributed by atoms with E-state index in [4.69, 9.17) is 9.84 Å². The summed E-state index contributed by atoms with van der Waals surface area (Å²) in [4.78, 5) is 0. The van der Waals surface area contributed by atoms with Crippen LogP contribution in [-0.2, 0) is 6.61 Å². The fourth-order valence-electron chi connectivity index (χ4n) is 1.50. The van der Waals surface area contributed by atoms with Crippen LogP contribution < -0.4 is 4.74 Å². The number of hydrogen-bond donors (Lipinski definition) is 1. The Bertz CT molecular complexity index is 271. The van der Waals surface area contributed by atoms with Crippen molar-refractivity contribution in [3.63, 3.8) is 0 Å². The maximum absolute atomic E-state index is 8.76. The van der Waals surface area contributed by atoms with Crippen molar-refractivity contribution in [3.05, 3.63) is 5.01 Å². The second kappa shape index (κ2) is 4.02. The van der Waals surface area contributed by atoms with Crippen molar-refractivity contribution in [1.82, 2.24) is 10.2 Å². The Labute approximate surface area is 80.6 Å². The second-order valence-electron chi connectivity index (χ2n) is 3.14. The monoisotopic (exact) mass is 200 g/mol. The van der Waals surface area contributed by atoms with Crippen LogP contribution in [-0.4, -0.2) is 21.4 Å². The van der Waals surface area contributed by atoms with Crippen molar-refractivity contribution in [2.45, 2.75) is 38.4 Å². The van der Waals surface area contributed by atoms with Gasteiger partial charge in [0, 0.05) is 0 Å². The van der Waals surface area contributed by atoms with Crippen LogP contribution in [0.5, 0.6) is 5.19 Å². The van der Waals surface area contributed by atoms with Gasteiger partial charge in [0.05, 0.1) is 6.61 Å². The molecule has 2 rings (SSSR count). The zero-order valence-electron chi connectivity index (χ0n) is 7.27. The first-order chi connectivity index (χ1) is 6.38. The van der Waals surface area contributed by atoms with Crippen molar-refractivity contribution in [2.75, 3.05) is 0 Å². The van der Waals surface area contributed by atoms with Gasteiger partial charge in [0.15, 0.2) is 0 Å². The van der Waals surface area contributed by atoms with Crippen molar-refractivity contribution < 1.29 is 9.84 Å². The molecule has 13 heavy (non-hydrogen) atoms. The van der Waals surface area contributed by atoms with E-state index in [0.717, 1.165) is 12.8 Å². The molecule has 1 N–H and O–H groups in total. The molecule has 1 aromatic rings. The second-order valence-corrected chi connectivity index (χ2v) is 4.17. The van der Waals surface area contributed by atoms with E-state index in [-0.39, 0.29) is 6.61 Å². The fraction of sp³-hybridized carbons (Fsp3) is 0.750. The molecule has 0 aromatic carbocycles. The zero-order chi connectivity index (χ0) is 9.10. The summed E-state index contributed by atoms with van der Waals surface area (Å²) in [5.74, 6) is 0. The van der Waals surface area contributed by atoms with Crippen LogP contribution in [0.3, 0.4) is 0 Å². The molecule has 0 unspecified atom stereocenters. The van der Waals surface area contributed by atoms with Crippen LogP contribution in [0, 0.1) is 0 Å². The van der Waals surface area contributed by atoms with Gasteiger partial charge in [0.2, 0.25) is 0 Å². The maximum Gasteiger partial charge on any atom is 0.294 e. The quantitative estimate of drug-likeness (QED) is 0.800. The van der Waals surface area contributed by atoms with Crippen LogP contribution in [0.15, 0.2) is 0 Å². The van der Waals surface area contributed by atoms with Gasteiger partial charge in [0.1, 0.15) is 11.1 Å². The van der Waals surface area contributed by atoms with Gasteiger partial charge in [-0.3, -0.25) is 0 Å². The largest absolute Gasteiger partial charge is 0.466 e. The molecule has 1 saturated carbocycles. The molecule has 72 valence electrons. The van der Waals surface area contributed by atoms with E-state index in [2.05, 4.69) is 10.2 Å². The number of aromatic nitrogens is 2. The number of nitrogens with zero attached hydrogens (tertiary/aromatic N) is 2. The lowest BCUT2D eigenvalue weighted by atomic mass is 10.3. The summed E-state index contributed by atoms with van der Waals surface area (Å²) in [5.41, 5.74) is 0. The molecule has 0 spiro atoms. The minimum atomic E-state index is -0.0499. The molecule has 0 saturated heterocycles. The molecule has 1 fully saturated rings. The average molecular weight is 200 g/mol. The fourth-order valence-corrected chi connectivity index (χ4v) is 2.11. The Morgan fingerprint density at radius 3 is 2.77 bits per heavy atom. The average Bonchev–Trinajstić information content (AvgIpc) is 2.76. The third kappa shape index (κ3) is 2.16. The molecule has 5 heteroatoms. The van der Waals surface area contributed by atoms with Gasteiger partial charge in [0.25, 0.3) is 5.19 Å². The van der Waals surface area contributed by atoms with E-state index in [0.29, 0.717) is 16.3 Å². The molecule has 0 atom stereocenters. The summed E-state index contributed by atoms with van der Waals surface area (Å²) in [6.07, 6.45) is 5.05. The number of ether oxygens (including phenoxy) is 1. The summed E-state index contributed by atoms with van der Waals surface area (Å²) in [7, 11) is 0. The molecular formula is C8H12N2O2S. The van der Waals surface area contributed by atoms with Gasteiger partial charge in [-0.15, -0.1) is 5.10 Å². The highest BCUT2D eigenvalue weighted by Crippen LogP contribution is 2.26. The predicted octanol–water partition coefficient (Wildman–Crippen LogP) is 1.35. The minimum absolute atomic E-state index is 0.0499. The van der Waals surface area contributed by atoms with Crippen LogP contribution in [0.1, 0.15) is 30.7 Å². The standard InChI is InChI=1S/C8H12N2O2S/c11-5-7-9-10-8(13-7)12-6-3-1-2-4-6/h6,11H,1-5H2. The Balaban J connectivity index is 1.92. The van der Waals surface area contributed by atoms with Crippen molar-refractivity contribution in [1.29, 1.82) is 0 Å². The van der Waals surface area contributed by atoms with E-state index >= 15 is 0 Å². The number of rotatable bonds is 3. The van der Waals surface area contributed by atoms with E-state index in [1.54, 1.807) is 0 Å². The summed E-state index contributed by atoms with van der Waals surface area (Å²) >= 11 is 1.33. The number of aliphatic hydroxyl groups excluding tert-OH is 1. The van der Waals surface area contributed by atoms with Gasteiger partial charge in [-0.25, -0.2) is 0 Å². The SMILES string of the molecule is OCc1nnc(OC2CCCC2)s1. The van der Waals surface area contributed by atoms with Gasteiger partial charge in [-0.2, -0.15) is 0 Å². The van der Waals surface area contributed by atoms with Crippen molar-refractivity contribution in [2.24, 2.45) is 0 Å². The molecule has 1 aliphatic rings. The van der Waals surface area contributed by atoms with Gasteiger partial charge >= 0.3 is 0 Å². The summed E-state index contributed by atoms with van der Waals surface area (Å²) < 4.78 is 5.59. The maximum atomic E-state index is 8.76. The lowest BCUT2D eigenvalue weighted by Gasteiger charge is -2.07. The zero-order valence-corrected chi connectivity index (χ0v) is 8.09. The molecule has 0 radical (unpaired) electrons. The van der Waals surface area contributed by atoms with Crippen LogP contribution >= 0.6 is 11.3 Å². The third-order valence-electron chi connectivity index (χ3n) is 2.15. The Kier molecular flexibility index (Phi) is 2.75. The molecule has 0 aliphatic heterocycles. The van der Waals surface area contributed by atoms with E-state index < -0.39 is 0 Å². The summed E-state index contributed by atoms with van der Waals surface area (Å²) in [6.45, 7) is -0.0499. The van der Waals surface area contributed by atoms with E-state index in [1.807, 2.05) is 0 Å². The Morgan fingerprint density at radius 2 is 2.15 bits per heavy atom. The molecule has 4 nitrogen and oxygen atoms in total. The molecular weight excluding hydrogens is 188 g/mol. The van der Waals surface area contributed by atoms with E-state index in [1.165, 1.54) is 24.2 Å². The lowest BCUT2D eigenvalue weighted by Crippen LogP contribution is -2.10. The van der Waals surface area contributed by atoms with Crippen LogP contribution in [0.25, 0.3) is 0 Å². The number of hydrogen-bond acceptors (Lipinski definition) is 5. The van der Waals surface area contributed by atoms with Gasteiger partial charge in [-0.1, -0.05) is 16.4 Å². The Morgan fingerprint density at radius 1 is 1.38 bits per heavy atom. The molecule has 1 heterocycles. The summed E-state index contributed by atoms with van der Waals surface area (Å²) in [5, 5.41) is 17.6. The minimum Gasteiger partial charge on any atom is -0.466 e. The molecule has 1 aromatic heterocycles. The summed E-state index contributed by atoms with van der Waals surface area (Å²) in [6, 6.07) is 0. The smallest absolute Gasteiger partial charge is 0.294 e.